The van der Waals surface area contributed by atoms with Gasteiger partial charge in [0.2, 0.25) is 0 Å². The maximum absolute atomic E-state index is 4.44. The van der Waals surface area contributed by atoms with Gasteiger partial charge in [0.05, 0.1) is 5.69 Å². The number of hydrogen-bond acceptors (Lipinski definition) is 2. The van der Waals surface area contributed by atoms with Crippen molar-refractivity contribution in [3.63, 3.8) is 0 Å². The summed E-state index contributed by atoms with van der Waals surface area (Å²) in [5.41, 5.74) is 1.32. The van der Waals surface area contributed by atoms with Crippen LogP contribution in [0.25, 0.3) is 0 Å². The van der Waals surface area contributed by atoms with Gasteiger partial charge in [-0.05, 0) is 38.1 Å². The first-order valence-corrected chi connectivity index (χ1v) is 7.22. The number of aromatic nitrogens is 2. The molecule has 0 spiro atoms. The number of rotatable bonds is 8. The van der Waals surface area contributed by atoms with E-state index in [9.17, 15) is 0 Å². The van der Waals surface area contributed by atoms with E-state index < -0.39 is 0 Å². The number of aryl methyl sites for hydroxylation is 1. The molecule has 0 unspecified atom stereocenters. The van der Waals surface area contributed by atoms with Crippen LogP contribution in [0.15, 0.2) is 6.20 Å². The first-order chi connectivity index (χ1) is 8.50. The molecular weight excluding hydrogens is 222 g/mol. The zero-order valence-corrected chi connectivity index (χ0v) is 12.7. The van der Waals surface area contributed by atoms with E-state index in [4.69, 9.17) is 0 Å². The van der Waals surface area contributed by atoms with Crippen molar-refractivity contribution in [1.29, 1.82) is 0 Å². The van der Waals surface area contributed by atoms with Gasteiger partial charge < -0.3 is 9.88 Å². The minimum Gasteiger partial charge on any atom is -0.331 e. The molecule has 0 aromatic carbocycles. The van der Waals surface area contributed by atoms with Crippen molar-refractivity contribution >= 4 is 0 Å². The van der Waals surface area contributed by atoms with Gasteiger partial charge in [-0.25, -0.2) is 4.98 Å². The van der Waals surface area contributed by atoms with Crippen molar-refractivity contribution < 1.29 is 0 Å². The fourth-order valence-electron chi connectivity index (χ4n) is 2.11. The largest absolute Gasteiger partial charge is 0.331 e. The van der Waals surface area contributed by atoms with Gasteiger partial charge in [0, 0.05) is 19.3 Å². The molecule has 1 aromatic heterocycles. The average molecular weight is 251 g/mol. The third-order valence-electron chi connectivity index (χ3n) is 3.16. The highest BCUT2D eigenvalue weighted by Gasteiger charge is 2.06. The minimum absolute atomic E-state index is 0.698. The summed E-state index contributed by atoms with van der Waals surface area (Å²) in [7, 11) is 0. The lowest BCUT2D eigenvalue weighted by molar-refractivity contribution is 0.488. The van der Waals surface area contributed by atoms with Gasteiger partial charge >= 0.3 is 0 Å². The molecule has 0 aliphatic rings. The molecule has 0 saturated heterocycles. The molecule has 0 aliphatic carbocycles. The topological polar surface area (TPSA) is 29.9 Å². The Morgan fingerprint density at radius 3 is 2.56 bits per heavy atom. The van der Waals surface area contributed by atoms with E-state index in [1.54, 1.807) is 0 Å². The molecule has 0 aliphatic heterocycles. The van der Waals surface area contributed by atoms with Crippen LogP contribution in [0.2, 0.25) is 0 Å². The lowest BCUT2D eigenvalue weighted by atomic mass is 10.1. The van der Waals surface area contributed by atoms with Crippen LogP contribution in [-0.2, 0) is 13.1 Å². The lowest BCUT2D eigenvalue weighted by Crippen LogP contribution is -2.21. The normalized spacial score (nSPS) is 11.7. The maximum Gasteiger partial charge on any atom is 0.105 e. The number of imidazole rings is 1. The van der Waals surface area contributed by atoms with Crippen molar-refractivity contribution in [3.05, 3.63) is 17.7 Å². The Kier molecular flexibility index (Phi) is 6.41. The van der Waals surface area contributed by atoms with Crippen LogP contribution >= 0.6 is 0 Å². The molecule has 1 N–H and O–H groups in total. The van der Waals surface area contributed by atoms with Crippen molar-refractivity contribution in [3.8, 4) is 0 Å². The molecule has 0 saturated carbocycles. The molecule has 1 rings (SSSR count). The summed E-state index contributed by atoms with van der Waals surface area (Å²) in [5.74, 6) is 2.62. The van der Waals surface area contributed by atoms with Crippen molar-refractivity contribution in [1.82, 2.24) is 14.9 Å². The fraction of sp³-hybridized carbons (Fsp3) is 0.800. The third-order valence-corrected chi connectivity index (χ3v) is 3.16. The predicted molar refractivity (Wildman–Crippen MR) is 77.6 cm³/mol. The van der Waals surface area contributed by atoms with E-state index in [0.29, 0.717) is 5.92 Å². The van der Waals surface area contributed by atoms with E-state index >= 15 is 0 Å². The molecule has 3 nitrogen and oxygen atoms in total. The van der Waals surface area contributed by atoms with Crippen molar-refractivity contribution in [2.75, 3.05) is 6.54 Å². The zero-order chi connectivity index (χ0) is 13.5. The number of hydrogen-bond donors (Lipinski definition) is 1. The van der Waals surface area contributed by atoms with E-state index in [1.807, 2.05) is 6.20 Å². The summed E-state index contributed by atoms with van der Waals surface area (Å²) >= 11 is 0. The van der Waals surface area contributed by atoms with E-state index in [1.165, 1.54) is 18.5 Å². The summed E-state index contributed by atoms with van der Waals surface area (Å²) in [5, 5.41) is 3.49. The highest BCUT2D eigenvalue weighted by molar-refractivity contribution is 5.04. The second-order valence-corrected chi connectivity index (χ2v) is 6.01. The van der Waals surface area contributed by atoms with Crippen LogP contribution < -0.4 is 5.32 Å². The Bertz CT molecular complexity index is 340. The summed E-state index contributed by atoms with van der Waals surface area (Å²) in [4.78, 5) is 4.44. The quantitative estimate of drug-likeness (QED) is 0.767. The van der Waals surface area contributed by atoms with Crippen LogP contribution in [0.3, 0.4) is 0 Å². The van der Waals surface area contributed by atoms with Gasteiger partial charge in [0.15, 0.2) is 0 Å². The minimum atomic E-state index is 0.698. The highest BCUT2D eigenvalue weighted by Crippen LogP contribution is 2.10. The molecule has 1 aromatic rings. The van der Waals surface area contributed by atoms with Crippen LogP contribution in [-0.4, -0.2) is 16.1 Å². The smallest absolute Gasteiger partial charge is 0.105 e. The van der Waals surface area contributed by atoms with Crippen LogP contribution in [0.5, 0.6) is 0 Å². The molecular formula is C15H29N3. The van der Waals surface area contributed by atoms with Crippen molar-refractivity contribution in [2.24, 2.45) is 11.8 Å². The summed E-state index contributed by atoms with van der Waals surface area (Å²) in [6.07, 6.45) is 4.54. The predicted octanol–water partition coefficient (Wildman–Crippen LogP) is 3.37. The van der Waals surface area contributed by atoms with Gasteiger partial charge in [-0.1, -0.05) is 27.7 Å². The SMILES string of the molecule is Cc1ncc(CNCC(C)C)n1CCCC(C)C. The third kappa shape index (κ3) is 5.21. The Morgan fingerprint density at radius 2 is 1.94 bits per heavy atom. The van der Waals surface area contributed by atoms with Gasteiger partial charge in [-0.3, -0.25) is 0 Å². The molecule has 0 atom stereocenters. The first kappa shape index (κ1) is 15.2. The number of nitrogens with zero attached hydrogens (tertiary/aromatic N) is 2. The van der Waals surface area contributed by atoms with Gasteiger partial charge in [0.25, 0.3) is 0 Å². The van der Waals surface area contributed by atoms with Crippen LogP contribution in [0.1, 0.15) is 52.1 Å². The van der Waals surface area contributed by atoms with E-state index in [2.05, 4.69) is 49.5 Å². The summed E-state index contributed by atoms with van der Waals surface area (Å²) < 4.78 is 2.36. The monoisotopic (exact) mass is 251 g/mol. The highest BCUT2D eigenvalue weighted by atomic mass is 15.1. The average Bonchev–Trinajstić information content (AvgIpc) is 2.60. The molecule has 104 valence electrons. The van der Waals surface area contributed by atoms with Gasteiger partial charge in [-0.15, -0.1) is 0 Å². The molecule has 0 radical (unpaired) electrons. The molecule has 1 heterocycles. The molecule has 0 fully saturated rings. The molecule has 0 amide bonds. The first-order valence-electron chi connectivity index (χ1n) is 7.22. The van der Waals surface area contributed by atoms with E-state index in [-0.39, 0.29) is 0 Å². The Labute approximate surface area is 112 Å². The summed E-state index contributed by atoms with van der Waals surface area (Å²) in [6.45, 7) is 14.2. The maximum atomic E-state index is 4.44. The molecule has 3 heteroatoms. The molecule has 0 bridgehead atoms. The summed E-state index contributed by atoms with van der Waals surface area (Å²) in [6, 6.07) is 0. The van der Waals surface area contributed by atoms with Crippen LogP contribution in [0.4, 0.5) is 0 Å². The second kappa shape index (κ2) is 7.57. The Hall–Kier alpha value is -0.830. The Morgan fingerprint density at radius 1 is 1.22 bits per heavy atom. The number of nitrogens with one attached hydrogen (secondary N) is 1. The van der Waals surface area contributed by atoms with Gasteiger partial charge in [-0.2, -0.15) is 0 Å². The lowest BCUT2D eigenvalue weighted by Gasteiger charge is -2.13. The van der Waals surface area contributed by atoms with Crippen LogP contribution in [0, 0.1) is 18.8 Å². The fourth-order valence-corrected chi connectivity index (χ4v) is 2.11. The van der Waals surface area contributed by atoms with E-state index in [0.717, 1.165) is 31.4 Å². The van der Waals surface area contributed by atoms with Gasteiger partial charge in [0.1, 0.15) is 5.82 Å². The Balaban J connectivity index is 2.47. The molecule has 18 heavy (non-hydrogen) atoms. The second-order valence-electron chi connectivity index (χ2n) is 6.01. The zero-order valence-electron chi connectivity index (χ0n) is 12.7. The standard InChI is InChI=1S/C15H29N3/c1-12(2)7-6-8-18-14(5)17-11-15(18)10-16-9-13(3)4/h11-13,16H,6-10H2,1-5H3. The van der Waals surface area contributed by atoms with Crippen molar-refractivity contribution in [2.45, 2.75) is 60.5 Å².